The zero-order valence-corrected chi connectivity index (χ0v) is 23.0. The molecule has 2 unspecified atom stereocenters. The molecule has 212 valence electrons. The molecule has 0 bridgehead atoms. The minimum absolute atomic E-state index is 0.0940. The molecule has 10 nitrogen and oxygen atoms in total. The fraction of sp³-hybridized carbons (Fsp3) is 1.00. The van der Waals surface area contributed by atoms with E-state index in [1.54, 1.807) is 0 Å². The summed E-state index contributed by atoms with van der Waals surface area (Å²) in [6, 6.07) is 0. The summed E-state index contributed by atoms with van der Waals surface area (Å²) in [5.74, 6) is -1.42. The molecule has 2 atom stereocenters. The second-order valence-corrected chi connectivity index (χ2v) is 13.1. The van der Waals surface area contributed by atoms with E-state index in [0.717, 1.165) is 0 Å². The van der Waals surface area contributed by atoms with Crippen LogP contribution in [-0.2, 0) is 28.4 Å². The first kappa shape index (κ1) is 30.1. The largest absolute Gasteiger partial charge is 0.396 e. The molecule has 0 aromatic heterocycles. The molecule has 10 heteroatoms. The van der Waals surface area contributed by atoms with E-state index >= 15 is 0 Å². The number of aliphatic hydroxyl groups is 4. The molecule has 0 aromatic carbocycles. The zero-order valence-electron chi connectivity index (χ0n) is 23.0. The lowest BCUT2D eigenvalue weighted by Crippen LogP contribution is -2.74. The highest BCUT2D eigenvalue weighted by Crippen LogP contribution is 2.53. The Labute approximate surface area is 215 Å². The molecular formula is C26H48O10. The van der Waals surface area contributed by atoms with Crippen LogP contribution >= 0.6 is 0 Å². The van der Waals surface area contributed by atoms with E-state index in [0.29, 0.717) is 6.42 Å². The van der Waals surface area contributed by atoms with Crippen LogP contribution in [0.5, 0.6) is 0 Å². The summed E-state index contributed by atoms with van der Waals surface area (Å²) in [6.07, 6.45) is -1.55. The van der Waals surface area contributed by atoms with Gasteiger partial charge in [-0.15, -0.1) is 0 Å². The molecule has 3 fully saturated rings. The number of ether oxygens (including phenoxy) is 6. The summed E-state index contributed by atoms with van der Waals surface area (Å²) in [6.45, 7) is 13.5. The van der Waals surface area contributed by atoms with E-state index in [-0.39, 0.29) is 59.5 Å². The summed E-state index contributed by atoms with van der Waals surface area (Å²) in [4.78, 5) is 0. The summed E-state index contributed by atoms with van der Waals surface area (Å²) in [5, 5.41) is 40.4. The van der Waals surface area contributed by atoms with Gasteiger partial charge in [0.2, 0.25) is 5.79 Å². The Morgan fingerprint density at radius 3 is 1.58 bits per heavy atom. The van der Waals surface area contributed by atoms with Crippen molar-refractivity contribution in [2.45, 2.75) is 79.4 Å². The monoisotopic (exact) mass is 520 g/mol. The first-order valence-electron chi connectivity index (χ1n) is 12.9. The Morgan fingerprint density at radius 1 is 0.694 bits per heavy atom. The fourth-order valence-electron chi connectivity index (χ4n) is 4.95. The van der Waals surface area contributed by atoms with Gasteiger partial charge in [0.15, 0.2) is 12.6 Å². The number of hydrogen-bond acceptors (Lipinski definition) is 10. The maximum absolute atomic E-state index is 10.5. The molecule has 0 saturated carbocycles. The van der Waals surface area contributed by atoms with Crippen LogP contribution < -0.4 is 0 Å². The maximum atomic E-state index is 10.5. The summed E-state index contributed by atoms with van der Waals surface area (Å²) < 4.78 is 38.2. The first-order valence-corrected chi connectivity index (χ1v) is 12.9. The molecule has 1 spiro atoms. The van der Waals surface area contributed by atoms with Crippen molar-refractivity contribution in [1.29, 1.82) is 0 Å². The van der Waals surface area contributed by atoms with Crippen molar-refractivity contribution in [2.75, 3.05) is 59.5 Å². The van der Waals surface area contributed by atoms with Crippen molar-refractivity contribution < 1.29 is 48.8 Å². The van der Waals surface area contributed by atoms with Gasteiger partial charge in [-0.1, -0.05) is 48.5 Å². The van der Waals surface area contributed by atoms with Crippen molar-refractivity contribution in [2.24, 2.45) is 27.1 Å². The molecule has 3 saturated heterocycles. The lowest BCUT2D eigenvalue weighted by atomic mass is 9.68. The SMILES string of the molecule is CCC1(CO)COC(C2OC(C(C)(C)CO)OCC23COC(C(C)(C)CO)OC3)(C(C)(C)CO)OC1. The highest BCUT2D eigenvalue weighted by Gasteiger charge is 2.67. The molecule has 4 N–H and O–H groups in total. The highest BCUT2D eigenvalue weighted by molar-refractivity contribution is 5.08. The van der Waals surface area contributed by atoms with Gasteiger partial charge < -0.3 is 48.8 Å². The smallest absolute Gasteiger partial charge is 0.203 e. The molecule has 3 heterocycles. The van der Waals surface area contributed by atoms with Crippen molar-refractivity contribution >= 4 is 0 Å². The van der Waals surface area contributed by atoms with Gasteiger partial charge in [0.05, 0.1) is 64.9 Å². The Morgan fingerprint density at radius 2 is 1.17 bits per heavy atom. The van der Waals surface area contributed by atoms with Gasteiger partial charge in [0, 0.05) is 21.7 Å². The molecule has 0 aromatic rings. The van der Waals surface area contributed by atoms with Crippen LogP contribution in [0.2, 0.25) is 0 Å². The van der Waals surface area contributed by atoms with Gasteiger partial charge in [-0.3, -0.25) is 0 Å². The van der Waals surface area contributed by atoms with Crippen molar-refractivity contribution in [3.63, 3.8) is 0 Å². The predicted molar refractivity (Wildman–Crippen MR) is 130 cm³/mol. The molecule has 36 heavy (non-hydrogen) atoms. The van der Waals surface area contributed by atoms with Crippen LogP contribution in [-0.4, -0.2) is 104 Å². The van der Waals surface area contributed by atoms with Crippen LogP contribution in [0, 0.1) is 27.1 Å². The summed E-state index contributed by atoms with van der Waals surface area (Å²) in [5.41, 5.74) is -3.69. The first-order chi connectivity index (χ1) is 16.7. The van der Waals surface area contributed by atoms with E-state index in [9.17, 15) is 20.4 Å². The average Bonchev–Trinajstić information content (AvgIpc) is 2.89. The molecule has 3 rings (SSSR count). The Balaban J connectivity index is 2.04. The quantitative estimate of drug-likeness (QED) is 0.352. The second kappa shape index (κ2) is 10.6. The number of hydrogen-bond donors (Lipinski definition) is 4. The van der Waals surface area contributed by atoms with Crippen molar-refractivity contribution in [3.05, 3.63) is 0 Å². The van der Waals surface area contributed by atoms with Gasteiger partial charge in [-0.25, -0.2) is 0 Å². The lowest BCUT2D eigenvalue weighted by Gasteiger charge is -2.62. The zero-order chi connectivity index (χ0) is 27.0. The van der Waals surface area contributed by atoms with Gasteiger partial charge in [0.1, 0.15) is 6.10 Å². The van der Waals surface area contributed by atoms with E-state index in [1.807, 2.05) is 48.5 Å². The van der Waals surface area contributed by atoms with Crippen molar-refractivity contribution in [1.82, 2.24) is 0 Å². The second-order valence-electron chi connectivity index (χ2n) is 13.1. The Hall–Kier alpha value is -0.400. The summed E-state index contributed by atoms with van der Waals surface area (Å²) >= 11 is 0. The maximum Gasteiger partial charge on any atom is 0.203 e. The van der Waals surface area contributed by atoms with Crippen LogP contribution in [0.15, 0.2) is 0 Å². The topological polar surface area (TPSA) is 136 Å². The van der Waals surface area contributed by atoms with Gasteiger partial charge in [-0.05, 0) is 6.42 Å². The third-order valence-electron chi connectivity index (χ3n) is 8.43. The van der Waals surface area contributed by atoms with E-state index < -0.39 is 51.5 Å². The number of aliphatic hydroxyl groups excluding tert-OH is 4. The van der Waals surface area contributed by atoms with Crippen LogP contribution in [0.3, 0.4) is 0 Å². The third-order valence-corrected chi connectivity index (χ3v) is 8.43. The van der Waals surface area contributed by atoms with E-state index in [1.165, 1.54) is 0 Å². The molecule has 0 radical (unpaired) electrons. The third kappa shape index (κ3) is 5.11. The fourth-order valence-corrected chi connectivity index (χ4v) is 4.95. The normalized spacial score (nSPS) is 38.9. The lowest BCUT2D eigenvalue weighted by molar-refractivity contribution is -0.453. The van der Waals surface area contributed by atoms with Crippen LogP contribution in [0.25, 0.3) is 0 Å². The molecule has 3 aliphatic rings. The summed E-state index contributed by atoms with van der Waals surface area (Å²) in [7, 11) is 0. The van der Waals surface area contributed by atoms with E-state index in [4.69, 9.17) is 28.4 Å². The highest BCUT2D eigenvalue weighted by atomic mass is 16.8. The van der Waals surface area contributed by atoms with Crippen LogP contribution in [0.4, 0.5) is 0 Å². The molecule has 0 aliphatic carbocycles. The van der Waals surface area contributed by atoms with Crippen molar-refractivity contribution in [3.8, 4) is 0 Å². The molecule has 0 amide bonds. The predicted octanol–water partition coefficient (Wildman–Crippen LogP) is 1.27. The Bertz CT molecular complexity index is 706. The Kier molecular flexibility index (Phi) is 8.91. The molecular weight excluding hydrogens is 472 g/mol. The molecule has 3 aliphatic heterocycles. The number of rotatable bonds is 9. The van der Waals surface area contributed by atoms with Gasteiger partial charge in [-0.2, -0.15) is 0 Å². The van der Waals surface area contributed by atoms with E-state index in [2.05, 4.69) is 0 Å². The van der Waals surface area contributed by atoms with Gasteiger partial charge >= 0.3 is 0 Å². The average molecular weight is 521 g/mol. The standard InChI is InChI=1S/C26H48O10/c1-8-24(12-30)13-34-26(35-14-24,23(6,7)11-29)18-25(17-33-20(36-18)22(4,5)10-28)15-31-19(32-16-25)21(2,3)9-27/h18-20,27-30H,8-17H2,1-7H3. The van der Waals surface area contributed by atoms with Crippen LogP contribution in [0.1, 0.15) is 54.9 Å². The minimum Gasteiger partial charge on any atom is -0.396 e. The minimum atomic E-state index is -1.42. The van der Waals surface area contributed by atoms with Gasteiger partial charge in [0.25, 0.3) is 0 Å².